The number of hydrogen-bond donors (Lipinski definition) is 4. The zero-order valence-corrected chi connectivity index (χ0v) is 19.6. The van der Waals surface area contributed by atoms with Gasteiger partial charge in [-0.05, 0) is 59.2 Å². The molecule has 1 unspecified atom stereocenters. The number of hydrogen-bond acceptors (Lipinski definition) is 5. The number of aromatic nitrogens is 2. The van der Waals surface area contributed by atoms with Crippen molar-refractivity contribution in [3.8, 4) is 0 Å². The Labute approximate surface area is 189 Å². The molecule has 0 aliphatic carbocycles. The van der Waals surface area contributed by atoms with E-state index in [1.807, 2.05) is 50.2 Å². The lowest BCUT2D eigenvalue weighted by Gasteiger charge is -2.24. The van der Waals surface area contributed by atoms with E-state index in [-0.39, 0.29) is 5.54 Å². The number of carbonyl (C=O) groups excluding carboxylic acids is 1. The number of benzene rings is 2. The molecule has 0 saturated carbocycles. The van der Waals surface area contributed by atoms with Crippen molar-refractivity contribution < 1.29 is 4.79 Å². The van der Waals surface area contributed by atoms with E-state index in [9.17, 15) is 4.79 Å². The van der Waals surface area contributed by atoms with Crippen LogP contribution in [0.3, 0.4) is 0 Å². The summed E-state index contributed by atoms with van der Waals surface area (Å²) in [5.74, 6) is -1.18. The van der Waals surface area contributed by atoms with Crippen molar-refractivity contribution in [1.82, 2.24) is 10.2 Å². The van der Waals surface area contributed by atoms with Gasteiger partial charge in [0.05, 0.1) is 23.3 Å². The number of para-hydroxylation sites is 1. The summed E-state index contributed by atoms with van der Waals surface area (Å²) in [6, 6.07) is 12.0. The van der Waals surface area contributed by atoms with Crippen LogP contribution in [0.1, 0.15) is 51.3 Å². The van der Waals surface area contributed by atoms with E-state index >= 15 is 0 Å². The van der Waals surface area contributed by atoms with E-state index < -0.39 is 11.8 Å². The van der Waals surface area contributed by atoms with Gasteiger partial charge in [-0.25, -0.2) is 0 Å². The molecule has 6 N–H and O–H groups in total. The Hall–Kier alpha value is -3.61. The molecule has 32 heavy (non-hydrogen) atoms. The second-order valence-corrected chi connectivity index (χ2v) is 9.13. The van der Waals surface area contributed by atoms with Gasteiger partial charge < -0.3 is 16.8 Å². The van der Waals surface area contributed by atoms with Crippen LogP contribution in [0, 0.1) is 12.8 Å². The molecule has 1 atom stereocenters. The third-order valence-corrected chi connectivity index (χ3v) is 5.34. The lowest BCUT2D eigenvalue weighted by atomic mass is 9.96. The number of aryl methyl sites for hydroxylation is 1. The molecule has 7 heteroatoms. The summed E-state index contributed by atoms with van der Waals surface area (Å²) in [7, 11) is 0. The quantitative estimate of drug-likeness (QED) is 0.433. The third-order valence-electron chi connectivity index (χ3n) is 5.34. The highest BCUT2D eigenvalue weighted by atomic mass is 16.1. The van der Waals surface area contributed by atoms with E-state index in [2.05, 4.69) is 36.3 Å². The normalized spacial score (nSPS) is 14.2. The average Bonchev–Trinajstić information content (AvgIpc) is 3.19. The maximum absolute atomic E-state index is 12.0. The standard InChI is InChI=1S/C25H32N6O/c1-14-11-12-20-18(13-28-31-20)21(14)23(22(26)15(2)24(27)32)29-16(3)17-9-7-8-10-19(17)30-25(4,5)6/h7-13,15,30H,26H2,1-6H3,(H2,27,32)(H,28,31)/b23-22+,29-16?. The fourth-order valence-corrected chi connectivity index (χ4v) is 3.60. The van der Waals surface area contributed by atoms with Crippen LogP contribution in [-0.4, -0.2) is 27.4 Å². The number of rotatable bonds is 6. The van der Waals surface area contributed by atoms with Crippen LogP contribution in [-0.2, 0) is 4.79 Å². The molecule has 3 rings (SSSR count). The molecular weight excluding hydrogens is 400 g/mol. The Balaban J connectivity index is 2.26. The van der Waals surface area contributed by atoms with Gasteiger partial charge in [0.1, 0.15) is 0 Å². The van der Waals surface area contributed by atoms with E-state index in [4.69, 9.17) is 16.5 Å². The Bertz CT molecular complexity index is 1210. The zero-order chi connectivity index (χ0) is 23.6. The Morgan fingerprint density at radius 2 is 1.84 bits per heavy atom. The van der Waals surface area contributed by atoms with Crippen molar-refractivity contribution in [3.63, 3.8) is 0 Å². The van der Waals surface area contributed by atoms with Crippen molar-refractivity contribution >= 4 is 33.9 Å². The molecule has 3 aromatic rings. The lowest BCUT2D eigenvalue weighted by Crippen LogP contribution is -2.27. The van der Waals surface area contributed by atoms with Gasteiger partial charge in [0.25, 0.3) is 0 Å². The molecule has 0 spiro atoms. The van der Waals surface area contributed by atoms with Crippen LogP contribution in [0.25, 0.3) is 16.6 Å². The van der Waals surface area contributed by atoms with E-state index in [1.165, 1.54) is 0 Å². The van der Waals surface area contributed by atoms with E-state index in [0.717, 1.165) is 39.0 Å². The van der Waals surface area contributed by atoms with Crippen molar-refractivity contribution in [2.75, 3.05) is 5.32 Å². The monoisotopic (exact) mass is 432 g/mol. The first-order valence-electron chi connectivity index (χ1n) is 10.6. The highest BCUT2D eigenvalue weighted by Crippen LogP contribution is 2.32. The van der Waals surface area contributed by atoms with Crippen molar-refractivity contribution in [1.29, 1.82) is 0 Å². The molecule has 1 amide bonds. The lowest BCUT2D eigenvalue weighted by molar-refractivity contribution is -0.120. The van der Waals surface area contributed by atoms with Crippen molar-refractivity contribution in [2.24, 2.45) is 22.4 Å². The molecule has 0 bridgehead atoms. The number of aliphatic imine (C=N–C) groups is 1. The predicted octanol–water partition coefficient (Wildman–Crippen LogP) is 4.34. The topological polar surface area (TPSA) is 122 Å². The van der Waals surface area contributed by atoms with Gasteiger partial charge in [-0.3, -0.25) is 14.9 Å². The van der Waals surface area contributed by atoms with Crippen LogP contribution >= 0.6 is 0 Å². The van der Waals surface area contributed by atoms with Gasteiger partial charge in [-0.2, -0.15) is 5.10 Å². The summed E-state index contributed by atoms with van der Waals surface area (Å²) >= 11 is 0. The molecule has 2 aromatic carbocycles. The molecular formula is C25H32N6O. The fourth-order valence-electron chi connectivity index (χ4n) is 3.60. The first-order chi connectivity index (χ1) is 15.0. The first kappa shape index (κ1) is 23.1. The second kappa shape index (κ2) is 8.86. The number of nitrogens with zero attached hydrogens (tertiary/aromatic N) is 2. The number of H-pyrrole nitrogens is 1. The zero-order valence-electron chi connectivity index (χ0n) is 19.6. The number of primary amides is 1. The summed E-state index contributed by atoms with van der Waals surface area (Å²) in [4.78, 5) is 17.0. The second-order valence-electron chi connectivity index (χ2n) is 9.13. The summed E-state index contributed by atoms with van der Waals surface area (Å²) in [6.07, 6.45) is 1.75. The number of aromatic amines is 1. The molecule has 0 radical (unpaired) electrons. The predicted molar refractivity (Wildman–Crippen MR) is 132 cm³/mol. The maximum atomic E-state index is 12.0. The van der Waals surface area contributed by atoms with Crippen LogP contribution in [0.15, 0.2) is 53.3 Å². The first-order valence-corrected chi connectivity index (χ1v) is 10.6. The minimum atomic E-state index is -0.675. The number of amides is 1. The van der Waals surface area contributed by atoms with Crippen LogP contribution in [0.4, 0.5) is 5.69 Å². The minimum Gasteiger partial charge on any atom is -0.400 e. The maximum Gasteiger partial charge on any atom is 0.226 e. The summed E-state index contributed by atoms with van der Waals surface area (Å²) in [5, 5.41) is 11.6. The molecule has 1 aromatic heterocycles. The van der Waals surface area contributed by atoms with Gasteiger partial charge in [0.15, 0.2) is 0 Å². The van der Waals surface area contributed by atoms with Gasteiger partial charge in [0, 0.05) is 39.1 Å². The summed E-state index contributed by atoms with van der Waals surface area (Å²) in [6.45, 7) is 12.0. The smallest absolute Gasteiger partial charge is 0.226 e. The molecule has 0 saturated heterocycles. The summed E-state index contributed by atoms with van der Waals surface area (Å²) in [5.41, 5.74) is 18.2. The summed E-state index contributed by atoms with van der Waals surface area (Å²) < 4.78 is 0. The van der Waals surface area contributed by atoms with Crippen molar-refractivity contribution in [2.45, 2.75) is 47.1 Å². The van der Waals surface area contributed by atoms with Crippen LogP contribution < -0.4 is 16.8 Å². The molecule has 7 nitrogen and oxygen atoms in total. The largest absolute Gasteiger partial charge is 0.400 e. The fraction of sp³-hybridized carbons (Fsp3) is 0.320. The number of nitrogens with two attached hydrogens (primary N) is 2. The minimum absolute atomic E-state index is 0.118. The molecule has 0 aliphatic heterocycles. The number of nitrogens with one attached hydrogen (secondary N) is 2. The van der Waals surface area contributed by atoms with E-state index in [1.54, 1.807) is 13.1 Å². The Morgan fingerprint density at radius 1 is 1.16 bits per heavy atom. The number of carbonyl (C=O) groups is 1. The van der Waals surface area contributed by atoms with Crippen LogP contribution in [0.5, 0.6) is 0 Å². The molecule has 1 heterocycles. The van der Waals surface area contributed by atoms with Crippen molar-refractivity contribution in [3.05, 3.63) is 65.0 Å². The third kappa shape index (κ3) is 4.82. The molecule has 0 fully saturated rings. The van der Waals surface area contributed by atoms with E-state index in [0.29, 0.717) is 11.4 Å². The highest BCUT2D eigenvalue weighted by molar-refractivity contribution is 6.07. The van der Waals surface area contributed by atoms with Gasteiger partial charge in [-0.1, -0.05) is 24.3 Å². The molecule has 0 aliphatic rings. The van der Waals surface area contributed by atoms with Crippen LogP contribution in [0.2, 0.25) is 0 Å². The average molecular weight is 433 g/mol. The van der Waals surface area contributed by atoms with Gasteiger partial charge in [0.2, 0.25) is 5.91 Å². The number of anilines is 1. The van der Waals surface area contributed by atoms with Gasteiger partial charge in [-0.15, -0.1) is 0 Å². The molecule has 168 valence electrons. The highest BCUT2D eigenvalue weighted by Gasteiger charge is 2.22. The van der Waals surface area contributed by atoms with Gasteiger partial charge >= 0.3 is 0 Å². The Kier molecular flexibility index (Phi) is 6.39. The number of fused-ring (bicyclic) bond motifs is 1. The Morgan fingerprint density at radius 3 is 2.50 bits per heavy atom. The SMILES string of the molecule is CC(=N/C(=C(/N)C(C)C(N)=O)c1c(C)ccc2[nH]ncc12)c1ccccc1NC(C)(C)C.